The Hall–Kier alpha value is -1.35. The number of ether oxygens (including phenoxy) is 1. The SMILES string of the molecule is COC(=O)[C@@H](CCC(C)C)[C@@H](NC(C)C)c1ccccc1. The van der Waals surface area contributed by atoms with Crippen molar-refractivity contribution in [3.05, 3.63) is 35.9 Å². The van der Waals surface area contributed by atoms with Gasteiger partial charge < -0.3 is 10.1 Å². The van der Waals surface area contributed by atoms with Crippen LogP contribution in [0.5, 0.6) is 0 Å². The van der Waals surface area contributed by atoms with Crippen molar-refractivity contribution >= 4 is 5.97 Å². The first-order valence-electron chi connectivity index (χ1n) is 7.84. The molecule has 0 aliphatic rings. The second-order valence-electron chi connectivity index (χ2n) is 6.31. The average molecular weight is 291 g/mol. The third kappa shape index (κ3) is 5.88. The van der Waals surface area contributed by atoms with E-state index in [0.717, 1.165) is 18.4 Å². The number of esters is 1. The minimum Gasteiger partial charge on any atom is -0.469 e. The van der Waals surface area contributed by atoms with Crippen LogP contribution in [0.1, 0.15) is 52.1 Å². The summed E-state index contributed by atoms with van der Waals surface area (Å²) in [5.41, 5.74) is 1.14. The Balaban J connectivity index is 3.01. The Labute approximate surface area is 129 Å². The van der Waals surface area contributed by atoms with Gasteiger partial charge in [-0.3, -0.25) is 4.79 Å². The molecular formula is C18H29NO2. The van der Waals surface area contributed by atoms with Crippen LogP contribution in [0.4, 0.5) is 0 Å². The molecule has 21 heavy (non-hydrogen) atoms. The van der Waals surface area contributed by atoms with Gasteiger partial charge in [0, 0.05) is 12.1 Å². The molecule has 0 saturated carbocycles. The van der Waals surface area contributed by atoms with Crippen LogP contribution in [-0.4, -0.2) is 19.1 Å². The van der Waals surface area contributed by atoms with Crippen LogP contribution in [0, 0.1) is 11.8 Å². The lowest BCUT2D eigenvalue weighted by atomic mass is 9.87. The van der Waals surface area contributed by atoms with Crippen molar-refractivity contribution < 1.29 is 9.53 Å². The van der Waals surface area contributed by atoms with Crippen LogP contribution in [0.2, 0.25) is 0 Å². The summed E-state index contributed by atoms with van der Waals surface area (Å²) in [7, 11) is 1.47. The second kappa shape index (κ2) is 8.83. The Morgan fingerprint density at radius 3 is 2.19 bits per heavy atom. The fourth-order valence-corrected chi connectivity index (χ4v) is 2.55. The molecule has 0 spiro atoms. The van der Waals surface area contributed by atoms with E-state index in [1.165, 1.54) is 7.11 Å². The van der Waals surface area contributed by atoms with Gasteiger partial charge in [-0.25, -0.2) is 0 Å². The van der Waals surface area contributed by atoms with Crippen molar-refractivity contribution in [2.45, 2.75) is 52.6 Å². The first kappa shape index (κ1) is 17.7. The third-order valence-corrected chi connectivity index (χ3v) is 3.63. The standard InChI is InChI=1S/C18H29NO2/c1-13(2)11-12-16(18(20)21-5)17(19-14(3)4)15-9-7-6-8-10-15/h6-10,13-14,16-17,19H,11-12H2,1-5H3/t16-,17-/m0/s1. The zero-order valence-electron chi connectivity index (χ0n) is 13.9. The number of carbonyl (C=O) groups excluding carboxylic acids is 1. The average Bonchev–Trinajstić information content (AvgIpc) is 2.46. The molecule has 1 aromatic rings. The lowest BCUT2D eigenvalue weighted by Gasteiger charge is -2.29. The van der Waals surface area contributed by atoms with Gasteiger partial charge >= 0.3 is 5.97 Å². The van der Waals surface area contributed by atoms with Crippen molar-refractivity contribution in [2.75, 3.05) is 7.11 Å². The van der Waals surface area contributed by atoms with Gasteiger partial charge in [0.05, 0.1) is 13.0 Å². The molecule has 118 valence electrons. The topological polar surface area (TPSA) is 38.3 Å². The minimum absolute atomic E-state index is 0.00241. The summed E-state index contributed by atoms with van der Waals surface area (Å²) in [5, 5.41) is 3.53. The van der Waals surface area contributed by atoms with Crippen LogP contribution in [0.25, 0.3) is 0 Å². The van der Waals surface area contributed by atoms with Crippen LogP contribution in [0.3, 0.4) is 0 Å². The molecule has 0 bridgehead atoms. The van der Waals surface area contributed by atoms with Crippen LogP contribution in [-0.2, 0) is 9.53 Å². The fraction of sp³-hybridized carbons (Fsp3) is 0.611. The Morgan fingerprint density at radius 1 is 1.10 bits per heavy atom. The molecule has 0 saturated heterocycles. The van der Waals surface area contributed by atoms with Crippen molar-refractivity contribution in [3.63, 3.8) is 0 Å². The monoisotopic (exact) mass is 291 g/mol. The number of carbonyl (C=O) groups is 1. The zero-order valence-corrected chi connectivity index (χ0v) is 13.9. The van der Waals surface area contributed by atoms with E-state index in [-0.39, 0.29) is 17.9 Å². The smallest absolute Gasteiger partial charge is 0.310 e. The van der Waals surface area contributed by atoms with E-state index >= 15 is 0 Å². The molecule has 0 heterocycles. The van der Waals surface area contributed by atoms with Gasteiger partial charge in [-0.1, -0.05) is 64.4 Å². The van der Waals surface area contributed by atoms with Crippen molar-refractivity contribution in [1.29, 1.82) is 0 Å². The maximum atomic E-state index is 12.3. The number of hydrogen-bond acceptors (Lipinski definition) is 3. The summed E-state index contributed by atoms with van der Waals surface area (Å²) in [6, 6.07) is 10.5. The summed E-state index contributed by atoms with van der Waals surface area (Å²) in [5.74, 6) is 0.299. The highest BCUT2D eigenvalue weighted by atomic mass is 16.5. The number of rotatable bonds is 8. The molecular weight excluding hydrogens is 262 g/mol. The molecule has 3 nitrogen and oxygen atoms in total. The highest BCUT2D eigenvalue weighted by Gasteiger charge is 2.30. The maximum absolute atomic E-state index is 12.3. The van der Waals surface area contributed by atoms with Crippen molar-refractivity contribution in [1.82, 2.24) is 5.32 Å². The van der Waals surface area contributed by atoms with E-state index in [0.29, 0.717) is 12.0 Å². The Bertz CT molecular complexity index is 414. The predicted octanol–water partition coefficient (Wildman–Crippen LogP) is 3.95. The summed E-state index contributed by atoms with van der Waals surface area (Å²) >= 11 is 0. The van der Waals surface area contributed by atoms with Crippen LogP contribution >= 0.6 is 0 Å². The van der Waals surface area contributed by atoms with Gasteiger partial charge in [-0.15, -0.1) is 0 Å². The Kier molecular flexibility index (Phi) is 7.44. The van der Waals surface area contributed by atoms with Crippen LogP contribution < -0.4 is 5.32 Å². The van der Waals surface area contributed by atoms with Gasteiger partial charge in [-0.05, 0) is 17.9 Å². The molecule has 0 aliphatic carbocycles. The summed E-state index contributed by atoms with van der Waals surface area (Å²) in [4.78, 5) is 12.3. The normalized spacial score (nSPS) is 14.2. The van der Waals surface area contributed by atoms with E-state index < -0.39 is 0 Å². The molecule has 3 heteroatoms. The highest BCUT2D eigenvalue weighted by Crippen LogP contribution is 2.29. The third-order valence-electron chi connectivity index (χ3n) is 3.63. The second-order valence-corrected chi connectivity index (χ2v) is 6.31. The number of hydrogen-bond donors (Lipinski definition) is 1. The van der Waals surface area contributed by atoms with Crippen molar-refractivity contribution in [2.24, 2.45) is 11.8 Å². The lowest BCUT2D eigenvalue weighted by Crippen LogP contribution is -2.37. The number of nitrogens with one attached hydrogen (secondary N) is 1. The van der Waals surface area contributed by atoms with E-state index in [9.17, 15) is 4.79 Å². The van der Waals surface area contributed by atoms with Crippen LogP contribution in [0.15, 0.2) is 30.3 Å². The minimum atomic E-state index is -0.151. The predicted molar refractivity (Wildman–Crippen MR) is 87.0 cm³/mol. The highest BCUT2D eigenvalue weighted by molar-refractivity contribution is 5.73. The van der Waals surface area contributed by atoms with Gasteiger partial charge in [-0.2, -0.15) is 0 Å². The zero-order chi connectivity index (χ0) is 15.8. The molecule has 0 unspecified atom stereocenters. The van der Waals surface area contributed by atoms with E-state index in [1.54, 1.807) is 0 Å². The molecule has 1 N–H and O–H groups in total. The Morgan fingerprint density at radius 2 is 1.71 bits per heavy atom. The first-order valence-corrected chi connectivity index (χ1v) is 7.84. The summed E-state index contributed by atoms with van der Waals surface area (Å²) in [6.07, 6.45) is 1.85. The van der Waals surface area contributed by atoms with Gasteiger partial charge in [0.2, 0.25) is 0 Å². The lowest BCUT2D eigenvalue weighted by molar-refractivity contribution is -0.147. The van der Waals surface area contributed by atoms with Gasteiger partial charge in [0.15, 0.2) is 0 Å². The summed E-state index contributed by atoms with van der Waals surface area (Å²) in [6.45, 7) is 8.57. The van der Waals surface area contributed by atoms with E-state index in [4.69, 9.17) is 4.74 Å². The molecule has 0 radical (unpaired) electrons. The fourth-order valence-electron chi connectivity index (χ4n) is 2.55. The molecule has 0 aromatic heterocycles. The van der Waals surface area contributed by atoms with E-state index in [2.05, 4.69) is 45.1 Å². The van der Waals surface area contributed by atoms with Gasteiger partial charge in [0.25, 0.3) is 0 Å². The number of benzene rings is 1. The van der Waals surface area contributed by atoms with E-state index in [1.807, 2.05) is 18.2 Å². The first-order chi connectivity index (χ1) is 9.95. The number of methoxy groups -OCH3 is 1. The molecule has 0 fully saturated rings. The van der Waals surface area contributed by atoms with Crippen molar-refractivity contribution in [3.8, 4) is 0 Å². The quantitative estimate of drug-likeness (QED) is 0.737. The molecule has 2 atom stereocenters. The molecule has 1 aromatic carbocycles. The molecule has 0 aliphatic heterocycles. The largest absolute Gasteiger partial charge is 0.469 e. The molecule has 1 rings (SSSR count). The molecule has 0 amide bonds. The maximum Gasteiger partial charge on any atom is 0.310 e. The summed E-state index contributed by atoms with van der Waals surface area (Å²) < 4.78 is 5.05. The van der Waals surface area contributed by atoms with Gasteiger partial charge in [0.1, 0.15) is 0 Å².